The summed E-state index contributed by atoms with van der Waals surface area (Å²) in [5.74, 6) is 0. The van der Waals surface area contributed by atoms with Crippen molar-refractivity contribution in [1.29, 1.82) is 0 Å². The highest BCUT2D eigenvalue weighted by Gasteiger charge is 2.39. The van der Waals surface area contributed by atoms with Crippen LogP contribution in [0.3, 0.4) is 0 Å². The molecule has 1 aromatic rings. The van der Waals surface area contributed by atoms with E-state index in [0.29, 0.717) is 5.54 Å². The summed E-state index contributed by atoms with van der Waals surface area (Å²) in [6, 6.07) is 9.23. The summed E-state index contributed by atoms with van der Waals surface area (Å²) in [6.07, 6.45) is 12.8. The number of nitrogens with zero attached hydrogens (tertiary/aromatic N) is 1. The van der Waals surface area contributed by atoms with E-state index in [1.165, 1.54) is 50.6 Å². The van der Waals surface area contributed by atoms with Crippen molar-refractivity contribution in [1.82, 2.24) is 4.90 Å². The van der Waals surface area contributed by atoms with Gasteiger partial charge in [-0.15, -0.1) is 0 Å². The summed E-state index contributed by atoms with van der Waals surface area (Å²) in [6.45, 7) is 4.58. The Labute approximate surface area is 117 Å². The molecule has 0 saturated heterocycles. The van der Waals surface area contributed by atoms with Crippen LogP contribution in [0.2, 0.25) is 0 Å². The van der Waals surface area contributed by atoms with Crippen LogP contribution in [0.25, 0.3) is 0 Å². The summed E-state index contributed by atoms with van der Waals surface area (Å²) < 4.78 is 0. The summed E-state index contributed by atoms with van der Waals surface area (Å²) in [4.78, 5) is 2.74. The smallest absolute Gasteiger partial charge is 0.0464 e. The van der Waals surface area contributed by atoms with Gasteiger partial charge in [-0.2, -0.15) is 0 Å². The van der Waals surface area contributed by atoms with Crippen molar-refractivity contribution in [2.24, 2.45) is 0 Å². The molecule has 0 N–H and O–H groups in total. The van der Waals surface area contributed by atoms with Crippen LogP contribution in [0.15, 0.2) is 36.4 Å². The number of hydrogen-bond donors (Lipinski definition) is 0. The van der Waals surface area contributed by atoms with Gasteiger partial charge in [0.25, 0.3) is 0 Å². The number of benzene rings is 1. The fourth-order valence-corrected chi connectivity index (χ4v) is 3.89. The molecule has 1 heterocycles. The van der Waals surface area contributed by atoms with E-state index in [9.17, 15) is 0 Å². The highest BCUT2D eigenvalue weighted by atomic mass is 15.2. The molecule has 0 amide bonds. The van der Waals surface area contributed by atoms with Crippen molar-refractivity contribution in [3.05, 3.63) is 47.5 Å². The molecular formula is C18H25N. The first-order chi connectivity index (χ1) is 9.31. The largest absolute Gasteiger partial charge is 0.290 e. The maximum atomic E-state index is 2.74. The molecule has 1 aromatic carbocycles. The number of aryl methyl sites for hydroxylation is 1. The van der Waals surface area contributed by atoms with Gasteiger partial charge in [0.2, 0.25) is 0 Å². The monoisotopic (exact) mass is 255 g/mol. The molecule has 1 aliphatic heterocycles. The zero-order chi connectivity index (χ0) is 13.1. The molecule has 19 heavy (non-hydrogen) atoms. The van der Waals surface area contributed by atoms with E-state index in [1.54, 1.807) is 5.56 Å². The van der Waals surface area contributed by atoms with Gasteiger partial charge < -0.3 is 0 Å². The zero-order valence-electron chi connectivity index (χ0n) is 12.1. The highest BCUT2D eigenvalue weighted by molar-refractivity contribution is 5.30. The fraction of sp³-hybridized carbons (Fsp3) is 0.556. The Bertz CT molecular complexity index is 455. The Morgan fingerprint density at radius 2 is 1.89 bits per heavy atom. The summed E-state index contributed by atoms with van der Waals surface area (Å²) in [7, 11) is 0. The van der Waals surface area contributed by atoms with Crippen LogP contribution >= 0.6 is 0 Å². The molecular weight excluding hydrogens is 230 g/mol. The Balaban J connectivity index is 1.98. The third-order valence-electron chi connectivity index (χ3n) is 4.90. The lowest BCUT2D eigenvalue weighted by Gasteiger charge is -2.48. The lowest BCUT2D eigenvalue weighted by molar-refractivity contribution is 0.0557. The maximum absolute atomic E-state index is 2.74. The second-order valence-corrected chi connectivity index (χ2v) is 6.17. The van der Waals surface area contributed by atoms with Crippen molar-refractivity contribution in [2.75, 3.05) is 13.1 Å². The van der Waals surface area contributed by atoms with Gasteiger partial charge >= 0.3 is 0 Å². The predicted octanol–water partition coefficient (Wildman–Crippen LogP) is 4.42. The fourth-order valence-electron chi connectivity index (χ4n) is 3.89. The normalized spacial score (nSPS) is 23.4. The van der Waals surface area contributed by atoms with Crippen molar-refractivity contribution >= 4 is 0 Å². The summed E-state index contributed by atoms with van der Waals surface area (Å²) in [5.41, 5.74) is 3.27. The van der Waals surface area contributed by atoms with Gasteiger partial charge in [-0.25, -0.2) is 0 Å². The van der Waals surface area contributed by atoms with Crippen LogP contribution in [0.4, 0.5) is 0 Å². The van der Waals surface area contributed by atoms with Crippen LogP contribution < -0.4 is 0 Å². The molecule has 0 bridgehead atoms. The SMILES string of the molecule is Cc1cccc(C2(N3CC=CCC3)CCCCC2)c1. The van der Waals surface area contributed by atoms with Crippen LogP contribution in [-0.4, -0.2) is 18.0 Å². The molecule has 1 heteroatoms. The molecule has 1 fully saturated rings. The average molecular weight is 255 g/mol. The van der Waals surface area contributed by atoms with Gasteiger partial charge in [0.1, 0.15) is 0 Å². The summed E-state index contributed by atoms with van der Waals surface area (Å²) in [5, 5.41) is 0. The minimum Gasteiger partial charge on any atom is -0.290 e. The molecule has 0 aromatic heterocycles. The Kier molecular flexibility index (Phi) is 3.74. The van der Waals surface area contributed by atoms with Gasteiger partial charge in [0.15, 0.2) is 0 Å². The Morgan fingerprint density at radius 1 is 1.05 bits per heavy atom. The molecule has 2 aliphatic rings. The third kappa shape index (κ3) is 2.49. The second kappa shape index (κ2) is 5.50. The van der Waals surface area contributed by atoms with E-state index < -0.39 is 0 Å². The maximum Gasteiger partial charge on any atom is 0.0464 e. The number of rotatable bonds is 2. The van der Waals surface area contributed by atoms with E-state index in [2.05, 4.69) is 48.2 Å². The summed E-state index contributed by atoms with van der Waals surface area (Å²) >= 11 is 0. The number of hydrogen-bond acceptors (Lipinski definition) is 1. The molecule has 1 saturated carbocycles. The first-order valence-electron chi connectivity index (χ1n) is 7.78. The van der Waals surface area contributed by atoms with Gasteiger partial charge in [0, 0.05) is 18.6 Å². The molecule has 0 spiro atoms. The van der Waals surface area contributed by atoms with Gasteiger partial charge in [-0.3, -0.25) is 4.90 Å². The van der Waals surface area contributed by atoms with E-state index in [0.717, 1.165) is 6.54 Å². The van der Waals surface area contributed by atoms with Crippen LogP contribution in [-0.2, 0) is 5.54 Å². The van der Waals surface area contributed by atoms with Crippen molar-refractivity contribution in [3.8, 4) is 0 Å². The Morgan fingerprint density at radius 3 is 2.58 bits per heavy atom. The van der Waals surface area contributed by atoms with E-state index >= 15 is 0 Å². The topological polar surface area (TPSA) is 3.24 Å². The second-order valence-electron chi connectivity index (χ2n) is 6.17. The van der Waals surface area contributed by atoms with Crippen molar-refractivity contribution in [3.63, 3.8) is 0 Å². The third-order valence-corrected chi connectivity index (χ3v) is 4.90. The predicted molar refractivity (Wildman–Crippen MR) is 81.3 cm³/mol. The van der Waals surface area contributed by atoms with Crippen LogP contribution in [0.1, 0.15) is 49.7 Å². The van der Waals surface area contributed by atoms with E-state index in [1.807, 2.05) is 0 Å². The van der Waals surface area contributed by atoms with Gasteiger partial charge in [0.05, 0.1) is 0 Å². The van der Waals surface area contributed by atoms with Crippen molar-refractivity contribution in [2.45, 2.75) is 51.0 Å². The molecule has 102 valence electrons. The van der Waals surface area contributed by atoms with Crippen molar-refractivity contribution < 1.29 is 0 Å². The average Bonchev–Trinajstić information content (AvgIpc) is 2.49. The standard InChI is InChI=1S/C18H25N/c1-16-9-8-10-17(15-16)18(11-4-2-5-12-18)19-13-6-3-7-14-19/h3,6,8-10,15H,2,4-5,7,11-14H2,1H3. The van der Waals surface area contributed by atoms with Gasteiger partial charge in [-0.1, -0.05) is 61.2 Å². The lowest BCUT2D eigenvalue weighted by atomic mass is 9.74. The first-order valence-corrected chi connectivity index (χ1v) is 7.78. The quantitative estimate of drug-likeness (QED) is 0.707. The van der Waals surface area contributed by atoms with E-state index in [4.69, 9.17) is 0 Å². The van der Waals surface area contributed by atoms with Gasteiger partial charge in [-0.05, 0) is 31.7 Å². The minimum atomic E-state index is 0.315. The molecule has 1 nitrogen and oxygen atoms in total. The first kappa shape index (κ1) is 12.9. The molecule has 1 aliphatic carbocycles. The van der Waals surface area contributed by atoms with E-state index in [-0.39, 0.29) is 0 Å². The minimum absolute atomic E-state index is 0.315. The zero-order valence-corrected chi connectivity index (χ0v) is 12.1. The molecule has 0 unspecified atom stereocenters. The molecule has 0 atom stereocenters. The van der Waals surface area contributed by atoms with Crippen LogP contribution in [0.5, 0.6) is 0 Å². The Hall–Kier alpha value is -1.08. The molecule has 3 rings (SSSR count). The lowest BCUT2D eigenvalue weighted by Crippen LogP contribution is -2.48. The molecule has 0 radical (unpaired) electrons. The van der Waals surface area contributed by atoms with Crippen LogP contribution in [0, 0.1) is 6.92 Å². The highest BCUT2D eigenvalue weighted by Crippen LogP contribution is 2.43.